The quantitative estimate of drug-likeness (QED) is 0.806. The highest BCUT2D eigenvalue weighted by atomic mass is 35.5. The van der Waals surface area contributed by atoms with Gasteiger partial charge in [-0.25, -0.2) is 0 Å². The van der Waals surface area contributed by atoms with Crippen LogP contribution < -0.4 is 11.1 Å². The molecular weight excluding hydrogens is 304 g/mol. The van der Waals surface area contributed by atoms with E-state index in [0.29, 0.717) is 10.6 Å². The van der Waals surface area contributed by atoms with Gasteiger partial charge in [-0.1, -0.05) is 23.7 Å². The Morgan fingerprint density at radius 3 is 2.43 bits per heavy atom. The number of primary amides is 1. The van der Waals surface area contributed by atoms with Crippen LogP contribution in [-0.2, 0) is 0 Å². The highest BCUT2D eigenvalue weighted by Gasteiger charge is 2.09. The van der Waals surface area contributed by atoms with Gasteiger partial charge in [0, 0.05) is 16.6 Å². The number of nitrogens with one attached hydrogen (secondary N) is 1. The lowest BCUT2D eigenvalue weighted by molar-refractivity contribution is 0.100. The highest BCUT2D eigenvalue weighted by Crippen LogP contribution is 2.25. The fraction of sp³-hybridized carbons (Fsp3) is 0.188. The van der Waals surface area contributed by atoms with E-state index >= 15 is 0 Å². The summed E-state index contributed by atoms with van der Waals surface area (Å²) in [7, 11) is 0. The van der Waals surface area contributed by atoms with Gasteiger partial charge in [-0.2, -0.15) is 0 Å². The van der Waals surface area contributed by atoms with Crippen molar-refractivity contribution in [3.63, 3.8) is 0 Å². The van der Waals surface area contributed by atoms with E-state index in [1.165, 1.54) is 10.5 Å². The van der Waals surface area contributed by atoms with E-state index in [1.807, 2.05) is 0 Å². The van der Waals surface area contributed by atoms with Gasteiger partial charge in [0.25, 0.3) is 0 Å². The molecule has 110 valence electrons. The van der Waals surface area contributed by atoms with E-state index in [1.54, 1.807) is 30.0 Å². The summed E-state index contributed by atoms with van der Waals surface area (Å²) >= 11 is 7.77. The third kappa shape index (κ3) is 3.93. The number of benzene rings is 2. The molecule has 2 aromatic carbocycles. The van der Waals surface area contributed by atoms with Crippen molar-refractivity contribution in [1.82, 2.24) is 0 Å². The van der Waals surface area contributed by atoms with Crippen LogP contribution in [0.2, 0.25) is 5.02 Å². The molecule has 0 saturated heterocycles. The summed E-state index contributed by atoms with van der Waals surface area (Å²) in [5.74, 6) is -0.521. The molecule has 0 aliphatic carbocycles. The van der Waals surface area contributed by atoms with Crippen LogP contribution in [0.15, 0.2) is 47.4 Å². The number of rotatable bonds is 5. The molecule has 0 aromatic heterocycles. The molecule has 1 amide bonds. The number of hydrogen-bond donors (Lipinski definition) is 2. The van der Waals surface area contributed by atoms with Crippen LogP contribution in [0.5, 0.6) is 0 Å². The summed E-state index contributed by atoms with van der Waals surface area (Å²) in [6.45, 7) is 2.07. The van der Waals surface area contributed by atoms with Gasteiger partial charge >= 0.3 is 0 Å². The molecule has 0 aliphatic heterocycles. The van der Waals surface area contributed by atoms with Crippen LogP contribution in [0.25, 0.3) is 0 Å². The van der Waals surface area contributed by atoms with Gasteiger partial charge in [-0.3, -0.25) is 4.79 Å². The maximum atomic E-state index is 11.2. The molecule has 1 atom stereocenters. The average molecular weight is 321 g/mol. The second kappa shape index (κ2) is 6.87. The Morgan fingerprint density at radius 2 is 1.90 bits per heavy atom. The van der Waals surface area contributed by atoms with Crippen LogP contribution in [0.4, 0.5) is 5.69 Å². The normalized spacial score (nSPS) is 12.0. The predicted octanol–water partition coefficient (Wildman–Crippen LogP) is 4.33. The Hall–Kier alpha value is -1.65. The first-order chi connectivity index (χ1) is 10.0. The fourth-order valence-electron chi connectivity index (χ4n) is 2.03. The molecule has 0 saturated carbocycles. The van der Waals surface area contributed by atoms with Crippen molar-refractivity contribution in [2.45, 2.75) is 17.9 Å². The first-order valence-corrected chi connectivity index (χ1v) is 8.11. The van der Waals surface area contributed by atoms with Crippen LogP contribution in [0.3, 0.4) is 0 Å². The zero-order valence-electron chi connectivity index (χ0n) is 11.9. The van der Waals surface area contributed by atoms with Gasteiger partial charge in [-0.05, 0) is 49.1 Å². The predicted molar refractivity (Wildman–Crippen MR) is 90.2 cm³/mol. The Labute approximate surface area is 133 Å². The molecule has 1 unspecified atom stereocenters. The number of anilines is 1. The largest absolute Gasteiger partial charge is 0.378 e. The number of thioether (sulfide) groups is 1. The lowest BCUT2D eigenvalue weighted by atomic mass is 10.1. The van der Waals surface area contributed by atoms with Gasteiger partial charge in [-0.15, -0.1) is 11.8 Å². The molecule has 3 N–H and O–H groups in total. The lowest BCUT2D eigenvalue weighted by Gasteiger charge is -2.16. The minimum Gasteiger partial charge on any atom is -0.378 e. The molecule has 0 aliphatic rings. The third-order valence-electron chi connectivity index (χ3n) is 3.23. The van der Waals surface area contributed by atoms with E-state index < -0.39 is 5.91 Å². The van der Waals surface area contributed by atoms with Crippen molar-refractivity contribution in [3.05, 3.63) is 58.6 Å². The smallest absolute Gasteiger partial charge is 0.250 e. The molecule has 2 aromatic rings. The van der Waals surface area contributed by atoms with Crippen molar-refractivity contribution in [1.29, 1.82) is 0 Å². The molecule has 0 heterocycles. The Morgan fingerprint density at radius 1 is 1.24 bits per heavy atom. The minimum atomic E-state index is -0.521. The molecule has 0 spiro atoms. The Kier molecular flexibility index (Phi) is 5.15. The summed E-state index contributed by atoms with van der Waals surface area (Å²) in [5.41, 5.74) is 7.61. The van der Waals surface area contributed by atoms with E-state index in [0.717, 1.165) is 5.69 Å². The van der Waals surface area contributed by atoms with E-state index in [-0.39, 0.29) is 6.04 Å². The summed E-state index contributed by atoms with van der Waals surface area (Å²) in [4.78, 5) is 12.4. The maximum Gasteiger partial charge on any atom is 0.250 e. The molecular formula is C16H17ClN2OS. The summed E-state index contributed by atoms with van der Waals surface area (Å²) in [5, 5.41) is 3.72. The number of hydrogen-bond acceptors (Lipinski definition) is 3. The fourth-order valence-corrected chi connectivity index (χ4v) is 2.71. The maximum absolute atomic E-state index is 11.2. The van der Waals surface area contributed by atoms with E-state index in [2.05, 4.69) is 42.8 Å². The monoisotopic (exact) mass is 320 g/mol. The van der Waals surface area contributed by atoms with Crippen LogP contribution in [0.1, 0.15) is 28.9 Å². The SMILES string of the molecule is CSc1ccc(C(C)Nc2ccc(C(N)=O)c(Cl)c2)cc1. The van der Waals surface area contributed by atoms with Crippen molar-refractivity contribution < 1.29 is 4.79 Å². The lowest BCUT2D eigenvalue weighted by Crippen LogP contribution is -2.12. The van der Waals surface area contributed by atoms with Gasteiger partial charge in [0.2, 0.25) is 5.91 Å². The molecule has 0 fully saturated rings. The number of amides is 1. The second-order valence-electron chi connectivity index (χ2n) is 4.70. The van der Waals surface area contributed by atoms with Gasteiger partial charge < -0.3 is 11.1 Å². The average Bonchev–Trinajstić information content (AvgIpc) is 2.47. The van der Waals surface area contributed by atoms with E-state index in [9.17, 15) is 4.79 Å². The van der Waals surface area contributed by atoms with Crippen molar-refractivity contribution in [2.75, 3.05) is 11.6 Å². The van der Waals surface area contributed by atoms with Crippen LogP contribution >= 0.6 is 23.4 Å². The molecule has 3 nitrogen and oxygen atoms in total. The first kappa shape index (κ1) is 15.7. The number of halogens is 1. The summed E-state index contributed by atoms with van der Waals surface area (Å²) in [6.07, 6.45) is 2.05. The van der Waals surface area contributed by atoms with Crippen molar-refractivity contribution >= 4 is 35.0 Å². The van der Waals surface area contributed by atoms with Crippen LogP contribution in [-0.4, -0.2) is 12.2 Å². The molecule has 0 bridgehead atoms. The number of nitrogens with two attached hydrogens (primary N) is 1. The highest BCUT2D eigenvalue weighted by molar-refractivity contribution is 7.98. The topological polar surface area (TPSA) is 55.1 Å². The molecule has 5 heteroatoms. The summed E-state index contributed by atoms with van der Waals surface area (Å²) < 4.78 is 0. The standard InChI is InChI=1S/C16H17ClN2OS/c1-10(11-3-6-13(21-2)7-4-11)19-12-5-8-14(16(18)20)15(17)9-12/h3-10,19H,1-2H3,(H2,18,20). The summed E-state index contributed by atoms with van der Waals surface area (Å²) in [6, 6.07) is 13.7. The van der Waals surface area contributed by atoms with E-state index in [4.69, 9.17) is 17.3 Å². The number of carbonyl (C=O) groups excluding carboxylic acids is 1. The third-order valence-corrected chi connectivity index (χ3v) is 4.29. The van der Waals surface area contributed by atoms with Gasteiger partial charge in [0.1, 0.15) is 0 Å². The molecule has 2 rings (SSSR count). The molecule has 21 heavy (non-hydrogen) atoms. The van der Waals surface area contributed by atoms with Gasteiger partial charge in [0.15, 0.2) is 0 Å². The zero-order chi connectivity index (χ0) is 15.4. The Bertz CT molecular complexity index is 643. The van der Waals surface area contributed by atoms with Crippen molar-refractivity contribution in [3.8, 4) is 0 Å². The Balaban J connectivity index is 2.13. The second-order valence-corrected chi connectivity index (χ2v) is 5.98. The zero-order valence-corrected chi connectivity index (χ0v) is 13.5. The first-order valence-electron chi connectivity index (χ1n) is 6.51. The molecule has 0 radical (unpaired) electrons. The van der Waals surface area contributed by atoms with Crippen molar-refractivity contribution in [2.24, 2.45) is 5.73 Å². The van der Waals surface area contributed by atoms with Gasteiger partial charge in [0.05, 0.1) is 10.6 Å². The minimum absolute atomic E-state index is 0.136. The number of carbonyl (C=O) groups is 1. The van der Waals surface area contributed by atoms with Crippen LogP contribution in [0, 0.1) is 0 Å².